The Balaban J connectivity index is 2.08. The summed E-state index contributed by atoms with van der Waals surface area (Å²) in [5.41, 5.74) is 1.51. The van der Waals surface area contributed by atoms with Crippen molar-refractivity contribution in [1.82, 2.24) is 0 Å². The van der Waals surface area contributed by atoms with Crippen LogP contribution in [0.5, 0.6) is 0 Å². The predicted molar refractivity (Wildman–Crippen MR) is 47.3 cm³/mol. The van der Waals surface area contributed by atoms with Gasteiger partial charge < -0.3 is 0 Å². The quantitative estimate of drug-likeness (QED) is 0.569. The van der Waals surface area contributed by atoms with Crippen LogP contribution in [0.15, 0.2) is 30.3 Å². The van der Waals surface area contributed by atoms with Crippen molar-refractivity contribution in [3.63, 3.8) is 0 Å². The normalized spacial score (nSPS) is 19.7. The molecule has 11 heavy (non-hydrogen) atoms. The van der Waals surface area contributed by atoms with Crippen molar-refractivity contribution in [2.75, 3.05) is 0 Å². The third-order valence-corrected chi connectivity index (χ3v) is 2.46. The van der Waals surface area contributed by atoms with Crippen molar-refractivity contribution in [3.05, 3.63) is 41.8 Å². The van der Waals surface area contributed by atoms with Crippen LogP contribution in [0, 0.1) is 5.92 Å². The minimum Gasteiger partial charge on any atom is -0.0622 e. The molecule has 1 aromatic rings. The summed E-state index contributed by atoms with van der Waals surface area (Å²) in [6.45, 7) is 2.25. The summed E-state index contributed by atoms with van der Waals surface area (Å²) < 4.78 is 0. The molecule has 1 fully saturated rings. The summed E-state index contributed by atoms with van der Waals surface area (Å²) in [6.07, 6.45) is 2.62. The van der Waals surface area contributed by atoms with Crippen LogP contribution in [0.3, 0.4) is 0 Å². The number of rotatable bonds is 1. The monoisotopic (exact) mass is 145 g/mol. The molecule has 0 heteroatoms. The van der Waals surface area contributed by atoms with Crippen molar-refractivity contribution in [2.24, 2.45) is 0 Å². The second-order valence-corrected chi connectivity index (χ2v) is 3.47. The van der Waals surface area contributed by atoms with E-state index >= 15 is 0 Å². The fraction of sp³-hybridized carbons (Fsp3) is 0.364. The first-order valence-electron chi connectivity index (χ1n) is 4.22. The zero-order valence-corrected chi connectivity index (χ0v) is 6.88. The van der Waals surface area contributed by atoms with Crippen molar-refractivity contribution >= 4 is 0 Å². The van der Waals surface area contributed by atoms with Gasteiger partial charge in [0.05, 0.1) is 0 Å². The summed E-state index contributed by atoms with van der Waals surface area (Å²) in [5, 5.41) is 0. The van der Waals surface area contributed by atoms with Crippen molar-refractivity contribution in [2.45, 2.75) is 25.7 Å². The minimum absolute atomic E-state index is 0.830. The highest BCUT2D eigenvalue weighted by Crippen LogP contribution is 2.42. The molecule has 1 aliphatic carbocycles. The third-order valence-electron chi connectivity index (χ3n) is 2.46. The average molecular weight is 145 g/mol. The van der Waals surface area contributed by atoms with Crippen molar-refractivity contribution in [3.8, 4) is 0 Å². The van der Waals surface area contributed by atoms with E-state index in [4.69, 9.17) is 0 Å². The maximum absolute atomic E-state index is 2.25. The van der Waals surface area contributed by atoms with Crippen LogP contribution in [0.2, 0.25) is 0 Å². The molecule has 0 aliphatic heterocycles. The van der Waals surface area contributed by atoms with Crippen LogP contribution in [0.4, 0.5) is 0 Å². The molecule has 0 spiro atoms. The Hall–Kier alpha value is -0.780. The van der Waals surface area contributed by atoms with Gasteiger partial charge >= 0.3 is 0 Å². The van der Waals surface area contributed by atoms with Gasteiger partial charge in [0.25, 0.3) is 0 Å². The number of benzene rings is 1. The molecule has 2 rings (SSSR count). The molecular weight excluding hydrogens is 132 g/mol. The molecule has 0 bridgehead atoms. The van der Waals surface area contributed by atoms with Crippen molar-refractivity contribution < 1.29 is 0 Å². The van der Waals surface area contributed by atoms with E-state index in [0.717, 1.165) is 5.92 Å². The van der Waals surface area contributed by atoms with Crippen LogP contribution < -0.4 is 0 Å². The Labute approximate surface area is 68.3 Å². The van der Waals surface area contributed by atoms with Gasteiger partial charge in [-0.05, 0) is 30.2 Å². The molecule has 0 amide bonds. The molecule has 0 N–H and O–H groups in total. The Bertz CT molecular complexity index is 219. The largest absolute Gasteiger partial charge is 0.0622 e. The van der Waals surface area contributed by atoms with Crippen molar-refractivity contribution in [1.29, 1.82) is 0 Å². The van der Waals surface area contributed by atoms with Crippen LogP contribution in [0.1, 0.15) is 31.2 Å². The fourth-order valence-electron chi connectivity index (χ4n) is 1.74. The summed E-state index contributed by atoms with van der Waals surface area (Å²) in [6, 6.07) is 10.8. The molecule has 1 aliphatic rings. The van der Waals surface area contributed by atoms with E-state index in [1.165, 1.54) is 18.4 Å². The SMILES string of the molecule is C[C]1CC(c2ccccc2)C1. The Morgan fingerprint density at radius 2 is 1.73 bits per heavy atom. The van der Waals surface area contributed by atoms with Gasteiger partial charge in [0.15, 0.2) is 0 Å². The Morgan fingerprint density at radius 1 is 1.09 bits per heavy atom. The fourth-order valence-corrected chi connectivity index (χ4v) is 1.74. The summed E-state index contributed by atoms with van der Waals surface area (Å²) in [4.78, 5) is 0. The average Bonchev–Trinajstić information content (AvgIpc) is 2.01. The first-order valence-corrected chi connectivity index (χ1v) is 4.22. The van der Waals surface area contributed by atoms with E-state index < -0.39 is 0 Å². The smallest absolute Gasteiger partial charge is 0.0151 e. The van der Waals surface area contributed by atoms with Gasteiger partial charge in [-0.25, -0.2) is 0 Å². The lowest BCUT2D eigenvalue weighted by atomic mass is 9.72. The van der Waals surface area contributed by atoms with E-state index in [1.54, 1.807) is 5.92 Å². The zero-order valence-electron chi connectivity index (χ0n) is 6.88. The van der Waals surface area contributed by atoms with E-state index in [1.807, 2.05) is 0 Å². The maximum Gasteiger partial charge on any atom is -0.0151 e. The Morgan fingerprint density at radius 3 is 2.27 bits per heavy atom. The molecular formula is C11H13. The summed E-state index contributed by atoms with van der Waals surface area (Å²) in [5.74, 6) is 2.48. The first kappa shape index (κ1) is 6.90. The van der Waals surface area contributed by atoms with E-state index in [9.17, 15) is 0 Å². The predicted octanol–water partition coefficient (Wildman–Crippen LogP) is 3.16. The van der Waals surface area contributed by atoms with Crippen LogP contribution in [0.25, 0.3) is 0 Å². The van der Waals surface area contributed by atoms with Gasteiger partial charge in [-0.2, -0.15) is 0 Å². The van der Waals surface area contributed by atoms with Gasteiger partial charge in [0, 0.05) is 0 Å². The van der Waals surface area contributed by atoms with Crippen LogP contribution in [-0.4, -0.2) is 0 Å². The van der Waals surface area contributed by atoms with Gasteiger partial charge in [-0.15, -0.1) is 0 Å². The molecule has 1 radical (unpaired) electrons. The molecule has 0 aromatic heterocycles. The molecule has 0 unspecified atom stereocenters. The molecule has 57 valence electrons. The summed E-state index contributed by atoms with van der Waals surface area (Å²) >= 11 is 0. The number of hydrogen-bond donors (Lipinski definition) is 0. The first-order chi connectivity index (χ1) is 5.36. The van der Waals surface area contributed by atoms with Gasteiger partial charge in [-0.3, -0.25) is 0 Å². The molecule has 1 aromatic carbocycles. The lowest BCUT2D eigenvalue weighted by molar-refractivity contribution is 0.467. The molecule has 0 atom stereocenters. The standard InChI is InChI=1S/C11H13/c1-9-7-11(8-9)10-5-3-2-4-6-10/h2-6,11H,7-8H2,1H3. The highest BCUT2D eigenvalue weighted by molar-refractivity contribution is 5.25. The maximum atomic E-state index is 2.25. The lowest BCUT2D eigenvalue weighted by Crippen LogP contribution is -2.16. The molecule has 0 heterocycles. The zero-order chi connectivity index (χ0) is 7.68. The van der Waals surface area contributed by atoms with E-state index in [2.05, 4.69) is 37.3 Å². The second-order valence-electron chi connectivity index (χ2n) is 3.47. The van der Waals surface area contributed by atoms with E-state index in [-0.39, 0.29) is 0 Å². The molecule has 0 nitrogen and oxygen atoms in total. The Kier molecular flexibility index (Phi) is 1.69. The van der Waals surface area contributed by atoms with E-state index in [0.29, 0.717) is 0 Å². The number of hydrogen-bond acceptors (Lipinski definition) is 0. The molecule has 1 saturated carbocycles. The topological polar surface area (TPSA) is 0 Å². The highest BCUT2D eigenvalue weighted by Gasteiger charge is 2.26. The van der Waals surface area contributed by atoms with Gasteiger partial charge in [-0.1, -0.05) is 37.3 Å². The second kappa shape index (κ2) is 2.69. The highest BCUT2D eigenvalue weighted by atomic mass is 14.3. The van der Waals surface area contributed by atoms with Crippen LogP contribution in [-0.2, 0) is 0 Å². The van der Waals surface area contributed by atoms with Gasteiger partial charge in [0.2, 0.25) is 0 Å². The lowest BCUT2D eigenvalue weighted by Gasteiger charge is -2.32. The third kappa shape index (κ3) is 1.30. The van der Waals surface area contributed by atoms with Gasteiger partial charge in [0.1, 0.15) is 0 Å². The minimum atomic E-state index is 0.830. The van der Waals surface area contributed by atoms with Crippen LogP contribution >= 0.6 is 0 Å². The summed E-state index contributed by atoms with van der Waals surface area (Å²) in [7, 11) is 0. The molecule has 0 saturated heterocycles.